The first-order chi connectivity index (χ1) is 11.4. The molecule has 0 bridgehead atoms. The van der Waals surface area contributed by atoms with Crippen molar-refractivity contribution < 1.29 is 0 Å². The third kappa shape index (κ3) is 3.53. The Balaban J connectivity index is 2.00. The van der Waals surface area contributed by atoms with Crippen molar-refractivity contribution in [2.45, 2.75) is 20.4 Å². The maximum atomic E-state index is 12.1. The molecule has 1 heterocycles. The second kappa shape index (κ2) is 6.80. The number of hydrogen-bond donors (Lipinski definition) is 0. The summed E-state index contributed by atoms with van der Waals surface area (Å²) >= 11 is 12.1. The van der Waals surface area contributed by atoms with Gasteiger partial charge < -0.3 is 0 Å². The van der Waals surface area contributed by atoms with Crippen LogP contribution in [-0.2, 0) is 6.54 Å². The molecular formula is C19H16Cl2N2O. The molecule has 0 fully saturated rings. The van der Waals surface area contributed by atoms with Gasteiger partial charge in [0.1, 0.15) is 0 Å². The van der Waals surface area contributed by atoms with Gasteiger partial charge in [0, 0.05) is 21.7 Å². The molecule has 0 N–H and O–H groups in total. The van der Waals surface area contributed by atoms with Crippen LogP contribution < -0.4 is 5.56 Å². The third-order valence-corrected chi connectivity index (χ3v) is 4.59. The van der Waals surface area contributed by atoms with Crippen molar-refractivity contribution in [1.29, 1.82) is 0 Å². The SMILES string of the molecule is Cc1ccc(-c2ccc(=O)n(Cc3ccc(Cl)cc3Cl)n2)cc1C. The lowest BCUT2D eigenvalue weighted by molar-refractivity contribution is 0.643. The van der Waals surface area contributed by atoms with Gasteiger partial charge in [-0.15, -0.1) is 0 Å². The molecule has 3 nitrogen and oxygen atoms in total. The Labute approximate surface area is 150 Å². The van der Waals surface area contributed by atoms with Gasteiger partial charge in [-0.3, -0.25) is 4.79 Å². The lowest BCUT2D eigenvalue weighted by Gasteiger charge is -2.10. The minimum Gasteiger partial charge on any atom is -0.268 e. The van der Waals surface area contributed by atoms with E-state index < -0.39 is 0 Å². The van der Waals surface area contributed by atoms with Crippen LogP contribution in [0, 0.1) is 13.8 Å². The number of benzene rings is 2. The average molecular weight is 359 g/mol. The molecule has 5 heteroatoms. The van der Waals surface area contributed by atoms with Crippen molar-refractivity contribution in [3.05, 3.63) is 85.6 Å². The highest BCUT2D eigenvalue weighted by Gasteiger charge is 2.08. The summed E-state index contributed by atoms with van der Waals surface area (Å²) in [6.45, 7) is 4.42. The Bertz CT molecular complexity index is 964. The third-order valence-electron chi connectivity index (χ3n) is 4.00. The summed E-state index contributed by atoms with van der Waals surface area (Å²) in [4.78, 5) is 12.1. The van der Waals surface area contributed by atoms with Gasteiger partial charge in [0.05, 0.1) is 12.2 Å². The number of halogens is 2. The summed E-state index contributed by atoms with van der Waals surface area (Å²) in [5, 5.41) is 5.57. The van der Waals surface area contributed by atoms with Crippen LogP contribution in [0.2, 0.25) is 10.0 Å². The lowest BCUT2D eigenvalue weighted by atomic mass is 10.0. The second-order valence-corrected chi connectivity index (χ2v) is 6.59. The van der Waals surface area contributed by atoms with E-state index >= 15 is 0 Å². The predicted molar refractivity (Wildman–Crippen MR) is 99.0 cm³/mol. The Morgan fingerprint density at radius 1 is 0.958 bits per heavy atom. The summed E-state index contributed by atoms with van der Waals surface area (Å²) in [6, 6.07) is 14.6. The van der Waals surface area contributed by atoms with Crippen LogP contribution in [0.25, 0.3) is 11.3 Å². The highest BCUT2D eigenvalue weighted by molar-refractivity contribution is 6.35. The van der Waals surface area contributed by atoms with Gasteiger partial charge in [0.25, 0.3) is 5.56 Å². The molecule has 3 aromatic rings. The fourth-order valence-electron chi connectivity index (χ4n) is 2.43. The van der Waals surface area contributed by atoms with Crippen molar-refractivity contribution in [2.75, 3.05) is 0 Å². The van der Waals surface area contributed by atoms with E-state index in [1.54, 1.807) is 18.2 Å². The van der Waals surface area contributed by atoms with Gasteiger partial charge >= 0.3 is 0 Å². The van der Waals surface area contributed by atoms with E-state index in [9.17, 15) is 4.79 Å². The molecule has 0 saturated heterocycles. The first kappa shape index (κ1) is 16.7. The highest BCUT2D eigenvalue weighted by Crippen LogP contribution is 2.22. The summed E-state index contributed by atoms with van der Waals surface area (Å²) < 4.78 is 1.42. The molecule has 0 saturated carbocycles. The van der Waals surface area contributed by atoms with Crippen LogP contribution in [-0.4, -0.2) is 9.78 Å². The predicted octanol–water partition coefficient (Wildman–Crippen LogP) is 4.88. The molecule has 0 amide bonds. The molecule has 0 aliphatic carbocycles. The van der Waals surface area contributed by atoms with E-state index in [0.29, 0.717) is 16.6 Å². The van der Waals surface area contributed by atoms with E-state index in [1.165, 1.54) is 21.9 Å². The quantitative estimate of drug-likeness (QED) is 0.668. The van der Waals surface area contributed by atoms with Gasteiger partial charge in [-0.2, -0.15) is 5.10 Å². The van der Waals surface area contributed by atoms with Gasteiger partial charge in [0.15, 0.2) is 0 Å². The number of rotatable bonds is 3. The van der Waals surface area contributed by atoms with E-state index in [0.717, 1.165) is 16.8 Å². The molecule has 24 heavy (non-hydrogen) atoms. The fourth-order valence-corrected chi connectivity index (χ4v) is 2.90. The Morgan fingerprint density at radius 2 is 1.75 bits per heavy atom. The summed E-state index contributed by atoms with van der Waals surface area (Å²) in [5.74, 6) is 0. The van der Waals surface area contributed by atoms with Gasteiger partial charge in [0.2, 0.25) is 0 Å². The number of aryl methyl sites for hydroxylation is 2. The van der Waals surface area contributed by atoms with E-state index in [4.69, 9.17) is 23.2 Å². The molecule has 3 rings (SSSR count). The Kier molecular flexibility index (Phi) is 4.74. The first-order valence-corrected chi connectivity index (χ1v) is 8.29. The molecule has 0 aliphatic rings. The second-order valence-electron chi connectivity index (χ2n) is 5.75. The topological polar surface area (TPSA) is 34.9 Å². The molecule has 0 spiro atoms. The maximum Gasteiger partial charge on any atom is 0.267 e. The molecule has 0 aliphatic heterocycles. The molecule has 2 aromatic carbocycles. The average Bonchev–Trinajstić information content (AvgIpc) is 2.54. The lowest BCUT2D eigenvalue weighted by Crippen LogP contribution is -2.23. The molecule has 1 aromatic heterocycles. The normalized spacial score (nSPS) is 10.8. The van der Waals surface area contributed by atoms with Crippen LogP contribution in [0.15, 0.2) is 53.3 Å². The number of aromatic nitrogens is 2. The fraction of sp³-hybridized carbons (Fsp3) is 0.158. The first-order valence-electron chi connectivity index (χ1n) is 7.54. The van der Waals surface area contributed by atoms with Crippen LogP contribution in [0.4, 0.5) is 0 Å². The zero-order valence-corrected chi connectivity index (χ0v) is 14.9. The van der Waals surface area contributed by atoms with Gasteiger partial charge in [-0.05, 0) is 54.8 Å². The van der Waals surface area contributed by atoms with E-state index in [-0.39, 0.29) is 5.56 Å². The molecule has 0 radical (unpaired) electrons. The Hall–Kier alpha value is -2.10. The monoisotopic (exact) mass is 358 g/mol. The summed E-state index contributed by atoms with van der Waals surface area (Å²) in [7, 11) is 0. The van der Waals surface area contributed by atoms with Crippen molar-refractivity contribution >= 4 is 23.2 Å². The molecule has 122 valence electrons. The van der Waals surface area contributed by atoms with Crippen LogP contribution in [0.3, 0.4) is 0 Å². The molecule has 0 atom stereocenters. The van der Waals surface area contributed by atoms with Gasteiger partial charge in [-0.25, -0.2) is 4.68 Å². The van der Waals surface area contributed by atoms with Crippen molar-refractivity contribution in [3.8, 4) is 11.3 Å². The molecule has 0 unspecified atom stereocenters. The van der Waals surface area contributed by atoms with E-state index in [2.05, 4.69) is 31.1 Å². The molecular weight excluding hydrogens is 343 g/mol. The van der Waals surface area contributed by atoms with Crippen LogP contribution in [0.1, 0.15) is 16.7 Å². The summed E-state index contributed by atoms with van der Waals surface area (Å²) in [5.41, 5.74) is 4.77. The maximum absolute atomic E-state index is 12.1. The van der Waals surface area contributed by atoms with E-state index in [1.807, 2.05) is 12.1 Å². The van der Waals surface area contributed by atoms with Crippen molar-refractivity contribution in [3.63, 3.8) is 0 Å². The van der Waals surface area contributed by atoms with Crippen LogP contribution in [0.5, 0.6) is 0 Å². The number of nitrogens with zero attached hydrogens (tertiary/aromatic N) is 2. The zero-order chi connectivity index (χ0) is 17.3. The zero-order valence-electron chi connectivity index (χ0n) is 13.4. The van der Waals surface area contributed by atoms with Crippen molar-refractivity contribution in [2.24, 2.45) is 0 Å². The van der Waals surface area contributed by atoms with Crippen LogP contribution >= 0.6 is 23.2 Å². The smallest absolute Gasteiger partial charge is 0.267 e. The standard InChI is InChI=1S/C19H16Cl2N2O/c1-12-3-4-14(9-13(12)2)18-7-8-19(24)23(22-18)11-15-5-6-16(20)10-17(15)21/h3-10H,11H2,1-2H3. The Morgan fingerprint density at radius 3 is 2.46 bits per heavy atom. The minimum atomic E-state index is -0.173. The van der Waals surface area contributed by atoms with Crippen molar-refractivity contribution in [1.82, 2.24) is 9.78 Å². The highest BCUT2D eigenvalue weighted by atomic mass is 35.5. The largest absolute Gasteiger partial charge is 0.268 e. The number of hydrogen-bond acceptors (Lipinski definition) is 2. The van der Waals surface area contributed by atoms with Gasteiger partial charge in [-0.1, -0.05) is 41.4 Å². The summed E-state index contributed by atoms with van der Waals surface area (Å²) in [6.07, 6.45) is 0. The minimum absolute atomic E-state index is 0.173.